The fourth-order valence-electron chi connectivity index (χ4n) is 0.745. The van der Waals surface area contributed by atoms with E-state index < -0.39 is 10.1 Å². The number of halogens is 1. The van der Waals surface area contributed by atoms with Gasteiger partial charge in [-0.15, -0.1) is 0 Å². The summed E-state index contributed by atoms with van der Waals surface area (Å²) in [5.74, 6) is 0. The summed E-state index contributed by atoms with van der Waals surface area (Å²) in [5, 5.41) is 0.645. The van der Waals surface area contributed by atoms with E-state index in [9.17, 15) is 13.0 Å². The van der Waals surface area contributed by atoms with Crippen molar-refractivity contribution in [3.05, 3.63) is 29.8 Å². The molecule has 0 atom stereocenters. The van der Waals surface area contributed by atoms with Gasteiger partial charge in [0.1, 0.15) is 10.1 Å². The summed E-state index contributed by atoms with van der Waals surface area (Å²) in [6.45, 7) is 0. The molecule has 0 bridgehead atoms. The van der Waals surface area contributed by atoms with Gasteiger partial charge >= 0.3 is 51.4 Å². The number of hydrogen-bond donors (Lipinski definition) is 0. The van der Waals surface area contributed by atoms with Crippen molar-refractivity contribution in [3.63, 3.8) is 0 Å². The molecule has 1 aromatic carbocycles. The Hall–Kier alpha value is 1.25. The van der Waals surface area contributed by atoms with Crippen molar-refractivity contribution in [2.75, 3.05) is 0 Å². The summed E-state index contributed by atoms with van der Waals surface area (Å²) in [4.78, 5) is -0.188. The third kappa shape index (κ3) is 4.52. The van der Waals surface area contributed by atoms with Crippen molar-refractivity contribution >= 4 is 26.0 Å². The van der Waals surface area contributed by atoms with Crippen LogP contribution in [-0.2, 0) is 15.4 Å². The fourth-order valence-corrected chi connectivity index (χ4v) is 1.59. The average molecular weight is 289 g/mol. The first-order valence-electron chi connectivity index (χ1n) is 3.15. The Morgan fingerprint density at radius 3 is 2.00 bits per heavy atom. The maximum atomic E-state index is 10.5. The first kappa shape index (κ1) is 14.2. The van der Waals surface area contributed by atoms with Gasteiger partial charge in [0.15, 0.2) is 0 Å². The van der Waals surface area contributed by atoms with Gasteiger partial charge in [-0.1, -0.05) is 28.1 Å². The Labute approximate surface area is 128 Å². The van der Waals surface area contributed by atoms with Crippen molar-refractivity contribution in [2.24, 2.45) is 0 Å². The van der Waals surface area contributed by atoms with Crippen molar-refractivity contribution in [1.29, 1.82) is 0 Å². The molecule has 0 saturated heterocycles. The molecule has 0 unspecified atom stereocenters. The van der Waals surface area contributed by atoms with E-state index >= 15 is 0 Å². The molecule has 0 amide bonds. The fraction of sp³-hybridized carbons (Fsp3) is 0.143. The van der Waals surface area contributed by atoms with Crippen LogP contribution in [0.3, 0.4) is 0 Å². The van der Waals surface area contributed by atoms with Crippen LogP contribution in [0.5, 0.6) is 0 Å². The predicted octanol–water partition coefficient (Wildman–Crippen LogP) is -1.51. The number of rotatable bonds is 2. The Morgan fingerprint density at radius 2 is 1.69 bits per heavy atom. The predicted molar refractivity (Wildman–Crippen MR) is 47.0 cm³/mol. The zero-order chi connectivity index (χ0) is 9.19. The molecular formula is C7H6BrKO3S. The molecule has 0 spiro atoms. The minimum absolute atomic E-state index is 0. The SMILES string of the molecule is O=S(=O)([O-])c1ccc(CBr)cc1.[K+]. The molecule has 0 aliphatic carbocycles. The summed E-state index contributed by atoms with van der Waals surface area (Å²) in [7, 11) is -4.29. The first-order valence-corrected chi connectivity index (χ1v) is 5.68. The van der Waals surface area contributed by atoms with Crippen molar-refractivity contribution in [2.45, 2.75) is 10.2 Å². The van der Waals surface area contributed by atoms with E-state index in [0.717, 1.165) is 5.56 Å². The summed E-state index contributed by atoms with van der Waals surface area (Å²) in [5.41, 5.74) is 0.933. The summed E-state index contributed by atoms with van der Waals surface area (Å²) < 4.78 is 31.4. The molecule has 1 aromatic rings. The zero-order valence-electron chi connectivity index (χ0n) is 7.03. The molecule has 0 N–H and O–H groups in total. The molecule has 1 rings (SSSR count). The van der Waals surface area contributed by atoms with E-state index in [4.69, 9.17) is 0 Å². The van der Waals surface area contributed by atoms with Gasteiger partial charge in [0.05, 0.1) is 4.90 Å². The van der Waals surface area contributed by atoms with Crippen LogP contribution in [-0.4, -0.2) is 13.0 Å². The molecule has 66 valence electrons. The second-order valence-corrected chi connectivity index (χ2v) is 4.17. The Bertz CT molecular complexity index is 360. The number of benzene rings is 1. The molecule has 13 heavy (non-hydrogen) atoms. The topological polar surface area (TPSA) is 57.2 Å². The minimum atomic E-state index is -4.29. The van der Waals surface area contributed by atoms with E-state index in [1.807, 2.05) is 0 Å². The standard InChI is InChI=1S/C7H7BrO3S.K/c8-5-6-1-3-7(4-2-6)12(9,10)11;/h1-4H,5H2,(H,9,10,11);/q;+1/p-1. The molecule has 6 heteroatoms. The van der Waals surface area contributed by atoms with Gasteiger partial charge in [-0.05, 0) is 17.7 Å². The van der Waals surface area contributed by atoms with Gasteiger partial charge in [-0.3, -0.25) is 0 Å². The first-order chi connectivity index (χ1) is 5.54. The van der Waals surface area contributed by atoms with Crippen LogP contribution in [0.2, 0.25) is 0 Å². The summed E-state index contributed by atoms with van der Waals surface area (Å²) in [6, 6.07) is 5.80. The third-order valence-electron chi connectivity index (χ3n) is 1.37. The van der Waals surface area contributed by atoms with Crippen molar-refractivity contribution in [3.8, 4) is 0 Å². The van der Waals surface area contributed by atoms with E-state index in [0.29, 0.717) is 5.33 Å². The minimum Gasteiger partial charge on any atom is -0.744 e. The molecule has 0 saturated carbocycles. The molecule has 0 aliphatic rings. The van der Waals surface area contributed by atoms with Gasteiger partial charge in [-0.25, -0.2) is 8.42 Å². The molecule has 0 fully saturated rings. The van der Waals surface area contributed by atoms with E-state index in [2.05, 4.69) is 15.9 Å². The summed E-state index contributed by atoms with van der Waals surface area (Å²) >= 11 is 3.20. The smallest absolute Gasteiger partial charge is 0.744 e. The maximum absolute atomic E-state index is 10.5. The molecule has 3 nitrogen and oxygen atoms in total. The van der Waals surface area contributed by atoms with Crippen LogP contribution in [0.25, 0.3) is 0 Å². The maximum Gasteiger partial charge on any atom is 1.00 e. The second kappa shape index (κ2) is 5.97. The third-order valence-corrected chi connectivity index (χ3v) is 2.86. The van der Waals surface area contributed by atoms with Crippen LogP contribution >= 0.6 is 15.9 Å². The molecular weight excluding hydrogens is 283 g/mol. The Balaban J connectivity index is 0.00000144. The van der Waals surface area contributed by atoms with Gasteiger partial charge in [-0.2, -0.15) is 0 Å². The monoisotopic (exact) mass is 288 g/mol. The zero-order valence-corrected chi connectivity index (χ0v) is 12.6. The van der Waals surface area contributed by atoms with Gasteiger partial charge in [0.2, 0.25) is 0 Å². The molecule has 0 aliphatic heterocycles. The van der Waals surface area contributed by atoms with E-state index in [1.165, 1.54) is 12.1 Å². The van der Waals surface area contributed by atoms with Gasteiger partial charge in [0.25, 0.3) is 0 Å². The van der Waals surface area contributed by atoms with Crippen LogP contribution in [0.4, 0.5) is 0 Å². The quantitative estimate of drug-likeness (QED) is 0.378. The Kier molecular flexibility index (Phi) is 6.54. The Morgan fingerprint density at radius 1 is 1.23 bits per heavy atom. The van der Waals surface area contributed by atoms with E-state index in [1.54, 1.807) is 12.1 Å². The van der Waals surface area contributed by atoms with E-state index in [-0.39, 0.29) is 56.3 Å². The molecule has 0 radical (unpaired) electrons. The second-order valence-electron chi connectivity index (χ2n) is 2.23. The largest absolute Gasteiger partial charge is 1.00 e. The number of alkyl halides is 1. The van der Waals surface area contributed by atoms with Crippen molar-refractivity contribution < 1.29 is 64.4 Å². The van der Waals surface area contributed by atoms with Crippen LogP contribution < -0.4 is 51.4 Å². The average Bonchev–Trinajstić information content (AvgIpc) is 2.03. The van der Waals surface area contributed by atoms with Crippen LogP contribution in [0.1, 0.15) is 5.56 Å². The van der Waals surface area contributed by atoms with Crippen LogP contribution in [0, 0.1) is 0 Å². The molecule has 0 heterocycles. The van der Waals surface area contributed by atoms with Crippen LogP contribution in [0.15, 0.2) is 29.2 Å². The van der Waals surface area contributed by atoms with Crippen molar-refractivity contribution in [1.82, 2.24) is 0 Å². The van der Waals surface area contributed by atoms with Gasteiger partial charge < -0.3 is 4.55 Å². The normalized spacial score (nSPS) is 10.6. The van der Waals surface area contributed by atoms with Gasteiger partial charge in [0, 0.05) is 5.33 Å². The number of hydrogen-bond acceptors (Lipinski definition) is 3. The molecule has 0 aromatic heterocycles. The summed E-state index contributed by atoms with van der Waals surface area (Å²) in [6.07, 6.45) is 0.